The fourth-order valence-corrected chi connectivity index (χ4v) is 4.36. The van der Waals surface area contributed by atoms with Crippen molar-refractivity contribution in [1.29, 1.82) is 0 Å². The number of rotatable bonds is 3. The summed E-state index contributed by atoms with van der Waals surface area (Å²) in [7, 11) is 0. The Hall–Kier alpha value is -2.22. The van der Waals surface area contributed by atoms with Gasteiger partial charge in [-0.05, 0) is 68.7 Å². The van der Waals surface area contributed by atoms with E-state index in [1.165, 1.54) is 6.42 Å². The average Bonchev–Trinajstić information content (AvgIpc) is 2.70. The summed E-state index contributed by atoms with van der Waals surface area (Å²) in [5.74, 6) is -0.293. The Morgan fingerprint density at radius 3 is 2.93 bits per heavy atom. The van der Waals surface area contributed by atoms with Crippen molar-refractivity contribution in [2.24, 2.45) is 0 Å². The van der Waals surface area contributed by atoms with E-state index in [0.717, 1.165) is 19.4 Å². The highest BCUT2D eigenvalue weighted by molar-refractivity contribution is 7.80. The Balaban J connectivity index is 1.52. The fourth-order valence-electron chi connectivity index (χ4n) is 3.64. The van der Waals surface area contributed by atoms with Gasteiger partial charge in [0.1, 0.15) is 5.69 Å². The van der Waals surface area contributed by atoms with Crippen molar-refractivity contribution >= 4 is 46.2 Å². The molecular formula is C20H21ClN4O2S. The van der Waals surface area contributed by atoms with E-state index in [9.17, 15) is 4.79 Å². The van der Waals surface area contributed by atoms with Crippen LogP contribution >= 0.6 is 23.8 Å². The number of hydroxylamine groups is 1. The smallest absolute Gasteiger partial charge is 0.274 e. The predicted octanol–water partition coefficient (Wildman–Crippen LogP) is 4.27. The van der Waals surface area contributed by atoms with E-state index in [2.05, 4.69) is 22.1 Å². The lowest BCUT2D eigenvalue weighted by Gasteiger charge is -2.52. The number of thiocarbonyl (C=S) groups is 1. The molecule has 28 heavy (non-hydrogen) atoms. The summed E-state index contributed by atoms with van der Waals surface area (Å²) in [5, 5.41) is 5.50. The van der Waals surface area contributed by atoms with Crippen LogP contribution in [0.2, 0.25) is 5.02 Å². The Kier molecular flexibility index (Phi) is 5.23. The van der Waals surface area contributed by atoms with Gasteiger partial charge < -0.3 is 10.2 Å². The molecule has 1 aromatic carbocycles. The van der Waals surface area contributed by atoms with Crippen LogP contribution in [-0.2, 0) is 4.84 Å². The van der Waals surface area contributed by atoms with Crippen LogP contribution in [0.1, 0.15) is 36.7 Å². The summed E-state index contributed by atoms with van der Waals surface area (Å²) in [6, 6.07) is 10.4. The molecule has 4 rings (SSSR count). The van der Waals surface area contributed by atoms with Gasteiger partial charge in [-0.15, -0.1) is 0 Å². The number of nitrogens with one attached hydrogen (secondary N) is 1. The molecule has 6 nitrogen and oxygen atoms in total. The van der Waals surface area contributed by atoms with E-state index < -0.39 is 0 Å². The van der Waals surface area contributed by atoms with Crippen LogP contribution in [0.15, 0.2) is 42.6 Å². The topological polar surface area (TPSA) is 57.7 Å². The van der Waals surface area contributed by atoms with Gasteiger partial charge in [-0.25, -0.2) is 0 Å². The van der Waals surface area contributed by atoms with Crippen molar-refractivity contribution in [3.05, 3.63) is 53.3 Å². The predicted molar refractivity (Wildman–Crippen MR) is 114 cm³/mol. The monoisotopic (exact) mass is 416 g/mol. The zero-order valence-corrected chi connectivity index (χ0v) is 17.1. The standard InChI is InChI=1S/C20H21ClN4O2S/c1-20-9-3-5-11-24(20)19(28)25(27-13-20)17-8-7-14(12-15(17)21)23-18(26)16-6-2-4-10-22-16/h2,4,6-8,10,12H,3,5,9,11,13H2,1H3,(H,23,26). The maximum Gasteiger partial charge on any atom is 0.274 e. The molecule has 0 bridgehead atoms. The second kappa shape index (κ2) is 7.66. The second-order valence-corrected chi connectivity index (χ2v) is 8.06. The number of hydrogen-bond acceptors (Lipinski definition) is 4. The van der Waals surface area contributed by atoms with E-state index in [0.29, 0.717) is 33.8 Å². The molecule has 3 heterocycles. The molecule has 0 radical (unpaired) electrons. The van der Waals surface area contributed by atoms with E-state index in [1.54, 1.807) is 47.7 Å². The molecule has 146 valence electrons. The molecule has 1 unspecified atom stereocenters. The fraction of sp³-hybridized carbons (Fsp3) is 0.350. The summed E-state index contributed by atoms with van der Waals surface area (Å²) in [5.41, 5.74) is 1.52. The van der Waals surface area contributed by atoms with E-state index >= 15 is 0 Å². The van der Waals surface area contributed by atoms with E-state index in [4.69, 9.17) is 28.7 Å². The third-order valence-corrected chi connectivity index (χ3v) is 5.92. The molecule has 1 amide bonds. The van der Waals surface area contributed by atoms with Crippen LogP contribution in [0.3, 0.4) is 0 Å². The van der Waals surface area contributed by atoms with Crippen LogP contribution < -0.4 is 10.4 Å². The number of anilines is 2. The summed E-state index contributed by atoms with van der Waals surface area (Å²) >= 11 is 12.2. The molecule has 0 spiro atoms. The van der Waals surface area contributed by atoms with Gasteiger partial charge in [-0.2, -0.15) is 5.06 Å². The highest BCUT2D eigenvalue weighted by Crippen LogP contribution is 2.37. The van der Waals surface area contributed by atoms with Gasteiger partial charge in [0.15, 0.2) is 0 Å². The quantitative estimate of drug-likeness (QED) is 0.754. The third kappa shape index (κ3) is 3.57. The zero-order valence-electron chi connectivity index (χ0n) is 15.5. The first-order valence-corrected chi connectivity index (χ1v) is 10.0. The van der Waals surface area contributed by atoms with Crippen LogP contribution in [0.5, 0.6) is 0 Å². The lowest BCUT2D eigenvalue weighted by atomic mass is 9.89. The highest BCUT2D eigenvalue weighted by atomic mass is 35.5. The molecule has 2 fully saturated rings. The number of carbonyl (C=O) groups excluding carboxylic acids is 1. The summed E-state index contributed by atoms with van der Waals surface area (Å²) in [6.07, 6.45) is 4.95. The molecule has 1 aromatic heterocycles. The first-order chi connectivity index (χ1) is 13.5. The van der Waals surface area contributed by atoms with E-state index in [1.807, 2.05) is 0 Å². The molecule has 1 N–H and O–H groups in total. The molecule has 0 saturated carbocycles. The second-order valence-electron chi connectivity index (χ2n) is 7.29. The van der Waals surface area contributed by atoms with Crippen molar-refractivity contribution in [3.8, 4) is 0 Å². The number of pyridine rings is 1. The van der Waals surface area contributed by atoms with Crippen molar-refractivity contribution in [3.63, 3.8) is 0 Å². The number of halogens is 1. The number of benzene rings is 1. The van der Waals surface area contributed by atoms with Crippen molar-refractivity contribution < 1.29 is 9.63 Å². The number of nitrogens with zero attached hydrogens (tertiary/aromatic N) is 3. The minimum atomic E-state index is -0.293. The number of carbonyl (C=O) groups is 1. The van der Waals surface area contributed by atoms with Gasteiger partial charge in [0.2, 0.25) is 5.11 Å². The summed E-state index contributed by atoms with van der Waals surface area (Å²) < 4.78 is 0. The highest BCUT2D eigenvalue weighted by Gasteiger charge is 2.43. The summed E-state index contributed by atoms with van der Waals surface area (Å²) in [6.45, 7) is 3.67. The van der Waals surface area contributed by atoms with Crippen LogP contribution in [0, 0.1) is 0 Å². The van der Waals surface area contributed by atoms with Crippen molar-refractivity contribution in [2.45, 2.75) is 31.7 Å². The lowest BCUT2D eigenvalue weighted by Crippen LogP contribution is -2.64. The van der Waals surface area contributed by atoms with Crippen molar-refractivity contribution in [2.75, 3.05) is 23.5 Å². The summed E-state index contributed by atoms with van der Waals surface area (Å²) in [4.78, 5) is 24.6. The maximum atomic E-state index is 12.3. The molecule has 2 saturated heterocycles. The number of amides is 1. The minimum absolute atomic E-state index is 0.0606. The third-order valence-electron chi connectivity index (χ3n) is 5.23. The normalized spacial score (nSPS) is 22.0. The molecule has 2 aromatic rings. The number of hydrogen-bond donors (Lipinski definition) is 1. The van der Waals surface area contributed by atoms with Gasteiger partial charge in [-0.3, -0.25) is 14.6 Å². The average molecular weight is 417 g/mol. The van der Waals surface area contributed by atoms with Gasteiger partial charge in [0, 0.05) is 18.4 Å². The minimum Gasteiger partial charge on any atom is -0.339 e. The van der Waals surface area contributed by atoms with Gasteiger partial charge in [0.05, 0.1) is 22.9 Å². The molecular weight excluding hydrogens is 396 g/mol. The van der Waals surface area contributed by atoms with Crippen molar-refractivity contribution in [1.82, 2.24) is 9.88 Å². The zero-order chi connectivity index (χ0) is 19.7. The van der Waals surface area contributed by atoms with Gasteiger partial charge in [0.25, 0.3) is 5.91 Å². The molecule has 0 aliphatic carbocycles. The van der Waals surface area contributed by atoms with Crippen LogP contribution in [-0.4, -0.2) is 39.6 Å². The molecule has 8 heteroatoms. The van der Waals surface area contributed by atoms with Gasteiger partial charge in [-0.1, -0.05) is 17.7 Å². The Morgan fingerprint density at radius 1 is 1.32 bits per heavy atom. The number of aromatic nitrogens is 1. The molecule has 2 aliphatic rings. The van der Waals surface area contributed by atoms with Gasteiger partial charge >= 0.3 is 0 Å². The lowest BCUT2D eigenvalue weighted by molar-refractivity contribution is -0.0178. The Bertz CT molecular complexity index is 910. The van der Waals surface area contributed by atoms with E-state index in [-0.39, 0.29) is 11.4 Å². The largest absolute Gasteiger partial charge is 0.339 e. The Labute approximate surface area is 174 Å². The molecule has 1 atom stereocenters. The first-order valence-electron chi connectivity index (χ1n) is 9.24. The first kappa shape index (κ1) is 19.1. The van der Waals surface area contributed by atoms with Crippen LogP contribution in [0.25, 0.3) is 0 Å². The molecule has 2 aliphatic heterocycles. The van der Waals surface area contributed by atoms with Crippen LogP contribution in [0.4, 0.5) is 11.4 Å². The number of piperidine rings is 1. The number of fused-ring (bicyclic) bond motifs is 1. The maximum absolute atomic E-state index is 12.3. The Morgan fingerprint density at radius 2 is 2.18 bits per heavy atom. The SMILES string of the molecule is CC12CCCCN1C(=S)N(c1ccc(NC(=O)c3ccccn3)cc1Cl)OC2.